The summed E-state index contributed by atoms with van der Waals surface area (Å²) in [5.74, 6) is -1.16. The van der Waals surface area contributed by atoms with E-state index in [1.807, 2.05) is 23.1 Å². The molecular weight excluding hydrogens is 565 g/mol. The highest BCUT2D eigenvalue weighted by molar-refractivity contribution is 6.08. The third kappa shape index (κ3) is 4.21. The molecule has 2 aliphatic heterocycles. The van der Waals surface area contributed by atoms with Crippen molar-refractivity contribution in [1.29, 1.82) is 0 Å². The van der Waals surface area contributed by atoms with E-state index in [2.05, 4.69) is 10.2 Å². The maximum Gasteiger partial charge on any atom is 0.256 e. The molecule has 3 N–H and O–H groups in total. The molecule has 0 bridgehead atoms. The van der Waals surface area contributed by atoms with Gasteiger partial charge in [0.25, 0.3) is 5.91 Å². The van der Waals surface area contributed by atoms with Crippen LogP contribution in [0.2, 0.25) is 0 Å². The van der Waals surface area contributed by atoms with Crippen molar-refractivity contribution in [2.24, 2.45) is 5.73 Å². The lowest BCUT2D eigenvalue weighted by Crippen LogP contribution is -2.42. The van der Waals surface area contributed by atoms with Crippen LogP contribution in [0.15, 0.2) is 44.5 Å². The lowest BCUT2D eigenvalue weighted by molar-refractivity contribution is 0.0383. The number of aryl methyl sites for hydroxylation is 1. The van der Waals surface area contributed by atoms with Gasteiger partial charge < -0.3 is 29.5 Å². The summed E-state index contributed by atoms with van der Waals surface area (Å²) in [6, 6.07) is 4.69. The van der Waals surface area contributed by atoms with Gasteiger partial charge in [0.05, 0.1) is 24.1 Å². The van der Waals surface area contributed by atoms with E-state index < -0.39 is 17.2 Å². The largest absolute Gasteiger partial charge is 0.451 e. The summed E-state index contributed by atoms with van der Waals surface area (Å²) < 4.78 is 29.6. The number of amides is 1. The van der Waals surface area contributed by atoms with Gasteiger partial charge in [-0.25, -0.2) is 4.39 Å². The molecule has 0 spiro atoms. The minimum Gasteiger partial charge on any atom is -0.451 e. The SMILES string of the molecule is N[C@H]1CCN(c2c(F)cc3c(=O)c(C(=O)NCCN4CCOCC4)cn4c5cc6c7c(c(=O)c6cc5oc2c34)C=CCC7)C1. The number of benzene rings is 2. The van der Waals surface area contributed by atoms with Crippen molar-refractivity contribution in [3.8, 4) is 0 Å². The number of ether oxygens (including phenoxy) is 1. The Morgan fingerprint density at radius 1 is 1.07 bits per heavy atom. The van der Waals surface area contributed by atoms with Gasteiger partial charge in [0.1, 0.15) is 16.8 Å². The molecular formula is C33H32FN5O5. The molecule has 2 saturated heterocycles. The molecule has 3 aromatic carbocycles. The summed E-state index contributed by atoms with van der Waals surface area (Å²) in [4.78, 5) is 44.7. The van der Waals surface area contributed by atoms with Crippen molar-refractivity contribution in [3.05, 3.63) is 73.4 Å². The second-order valence-corrected chi connectivity index (χ2v) is 12.0. The van der Waals surface area contributed by atoms with Gasteiger partial charge in [0.2, 0.25) is 5.43 Å². The van der Waals surface area contributed by atoms with Crippen LogP contribution >= 0.6 is 0 Å². The number of rotatable bonds is 5. The number of hydrogen-bond donors (Lipinski definition) is 2. The number of nitrogens with one attached hydrogen (secondary N) is 1. The molecule has 226 valence electrons. The van der Waals surface area contributed by atoms with Crippen molar-refractivity contribution in [2.75, 3.05) is 57.4 Å². The van der Waals surface area contributed by atoms with Crippen molar-refractivity contribution in [1.82, 2.24) is 14.6 Å². The van der Waals surface area contributed by atoms with Gasteiger partial charge in [-0.05, 0) is 48.4 Å². The molecule has 0 radical (unpaired) electrons. The Labute approximate surface area is 250 Å². The molecule has 1 amide bonds. The first-order chi connectivity index (χ1) is 21.4. The lowest BCUT2D eigenvalue weighted by atomic mass is 10.00. The maximum atomic E-state index is 16.0. The topological polar surface area (TPSA) is 123 Å². The van der Waals surface area contributed by atoms with Gasteiger partial charge in [-0.2, -0.15) is 0 Å². The molecule has 2 aromatic heterocycles. The minimum atomic E-state index is -0.627. The Morgan fingerprint density at radius 3 is 2.70 bits per heavy atom. The van der Waals surface area contributed by atoms with Crippen LogP contribution in [0, 0.1) is 5.82 Å². The highest BCUT2D eigenvalue weighted by Crippen LogP contribution is 2.38. The molecule has 1 aliphatic carbocycles. The van der Waals surface area contributed by atoms with E-state index in [4.69, 9.17) is 14.9 Å². The van der Waals surface area contributed by atoms with Crippen LogP contribution in [-0.2, 0) is 11.2 Å². The van der Waals surface area contributed by atoms with E-state index >= 15 is 4.39 Å². The van der Waals surface area contributed by atoms with Gasteiger partial charge >= 0.3 is 0 Å². The zero-order valence-corrected chi connectivity index (χ0v) is 24.2. The zero-order chi connectivity index (χ0) is 30.1. The zero-order valence-electron chi connectivity index (χ0n) is 24.2. The number of aromatic nitrogens is 1. The molecule has 5 aromatic rings. The smallest absolute Gasteiger partial charge is 0.256 e. The normalized spacial score (nSPS) is 19.1. The fraction of sp³-hybridized carbons (Fsp3) is 0.364. The third-order valence-electron chi connectivity index (χ3n) is 9.33. The van der Waals surface area contributed by atoms with E-state index in [1.54, 1.807) is 10.5 Å². The highest BCUT2D eigenvalue weighted by Gasteiger charge is 2.29. The monoisotopic (exact) mass is 597 g/mol. The number of nitrogens with zero attached hydrogens (tertiary/aromatic N) is 3. The second-order valence-electron chi connectivity index (χ2n) is 12.0. The predicted molar refractivity (Wildman–Crippen MR) is 168 cm³/mol. The van der Waals surface area contributed by atoms with E-state index in [0.29, 0.717) is 73.4 Å². The summed E-state index contributed by atoms with van der Waals surface area (Å²) in [5, 5.41) is 4.27. The molecule has 10 nitrogen and oxygen atoms in total. The molecule has 4 heterocycles. The van der Waals surface area contributed by atoms with E-state index in [-0.39, 0.29) is 33.7 Å². The standard InChI is InChI=1S/C33H32FN5O5/c34-25-13-23-28-32(29(25)38-7-5-18(35)16-38)44-27-15-22-21(19-3-1-2-4-20(19)30(22)40)14-26(27)39(28)17-24(31(23)41)33(42)36-6-8-37-9-11-43-12-10-37/h2,4,13-15,17-18H,1,3,5-12,16,35H2,(H,36,42)/t18-/m0/s1. The molecule has 11 heteroatoms. The first kappa shape index (κ1) is 27.2. The number of hydrogen-bond acceptors (Lipinski definition) is 8. The molecule has 3 aliphatic rings. The first-order valence-electron chi connectivity index (χ1n) is 15.2. The number of carbonyl (C=O) groups excluding carboxylic acids is 1. The summed E-state index contributed by atoms with van der Waals surface area (Å²) in [5.41, 5.74) is 8.81. The van der Waals surface area contributed by atoms with Crippen molar-refractivity contribution in [2.45, 2.75) is 25.3 Å². The number of morpholine rings is 1. The summed E-state index contributed by atoms with van der Waals surface area (Å²) in [6.45, 7) is 4.80. The van der Waals surface area contributed by atoms with Crippen LogP contribution in [0.3, 0.4) is 0 Å². The van der Waals surface area contributed by atoms with E-state index in [0.717, 1.165) is 36.9 Å². The number of fused-ring (bicyclic) bond motifs is 5. The van der Waals surface area contributed by atoms with Crippen LogP contribution in [0.5, 0.6) is 0 Å². The number of anilines is 1. The van der Waals surface area contributed by atoms with Crippen molar-refractivity contribution < 1.29 is 18.3 Å². The average molecular weight is 598 g/mol. The fourth-order valence-electron chi connectivity index (χ4n) is 7.08. The molecule has 8 rings (SSSR count). The molecule has 2 fully saturated rings. The van der Waals surface area contributed by atoms with Gasteiger partial charge in [-0.15, -0.1) is 0 Å². The summed E-state index contributed by atoms with van der Waals surface area (Å²) in [7, 11) is 0. The fourth-order valence-corrected chi connectivity index (χ4v) is 7.08. The second kappa shape index (κ2) is 10.4. The van der Waals surface area contributed by atoms with Crippen LogP contribution in [-0.4, -0.2) is 73.7 Å². The Hall–Kier alpha value is -4.32. The predicted octanol–water partition coefficient (Wildman–Crippen LogP) is 2.85. The van der Waals surface area contributed by atoms with Crippen molar-refractivity contribution in [3.63, 3.8) is 0 Å². The van der Waals surface area contributed by atoms with Crippen LogP contribution in [0.25, 0.3) is 44.4 Å². The summed E-state index contributed by atoms with van der Waals surface area (Å²) >= 11 is 0. The molecule has 0 saturated carbocycles. The quantitative estimate of drug-likeness (QED) is 0.234. The minimum absolute atomic E-state index is 0.0494. The number of nitrogens with two attached hydrogens (primary N) is 1. The van der Waals surface area contributed by atoms with E-state index in [1.165, 1.54) is 12.3 Å². The van der Waals surface area contributed by atoms with Crippen LogP contribution < -0.4 is 26.8 Å². The van der Waals surface area contributed by atoms with Gasteiger partial charge in [0.15, 0.2) is 22.4 Å². The van der Waals surface area contributed by atoms with E-state index in [9.17, 15) is 14.4 Å². The Kier molecular flexibility index (Phi) is 6.44. The number of carbonyl (C=O) groups is 1. The number of halogens is 1. The average Bonchev–Trinajstić information content (AvgIpc) is 3.58. The van der Waals surface area contributed by atoms with Crippen LogP contribution in [0.4, 0.5) is 10.1 Å². The van der Waals surface area contributed by atoms with Gasteiger partial charge in [-0.3, -0.25) is 19.3 Å². The van der Waals surface area contributed by atoms with Crippen LogP contribution in [0.1, 0.15) is 34.3 Å². The van der Waals surface area contributed by atoms with Crippen molar-refractivity contribution >= 4 is 56.0 Å². The highest BCUT2D eigenvalue weighted by atomic mass is 19.1. The lowest BCUT2D eigenvalue weighted by Gasteiger charge is -2.26. The maximum absolute atomic E-state index is 16.0. The molecule has 0 unspecified atom stereocenters. The van der Waals surface area contributed by atoms with Gasteiger partial charge in [-0.1, -0.05) is 12.2 Å². The Bertz CT molecular complexity index is 2130. The number of pyridine rings is 1. The third-order valence-corrected chi connectivity index (χ3v) is 9.33. The Morgan fingerprint density at radius 2 is 1.91 bits per heavy atom. The Balaban J connectivity index is 1.35. The molecule has 44 heavy (non-hydrogen) atoms. The van der Waals surface area contributed by atoms with Gasteiger partial charge in [0, 0.05) is 62.5 Å². The molecule has 1 atom stereocenters. The number of allylic oxidation sites excluding steroid dienone is 1. The first-order valence-corrected chi connectivity index (χ1v) is 15.2. The summed E-state index contributed by atoms with van der Waals surface area (Å²) in [6.07, 6.45) is 7.66.